The van der Waals surface area contributed by atoms with Gasteiger partial charge in [-0.3, -0.25) is 14.5 Å². The predicted octanol–water partition coefficient (Wildman–Crippen LogP) is 2.21. The number of nitrogens with one attached hydrogen (secondary N) is 1. The maximum atomic E-state index is 12.8. The van der Waals surface area contributed by atoms with Crippen LogP contribution in [0.4, 0.5) is 24.5 Å². The van der Waals surface area contributed by atoms with Crippen molar-refractivity contribution in [3.05, 3.63) is 51.4 Å². The van der Waals surface area contributed by atoms with Crippen molar-refractivity contribution >= 4 is 28.9 Å². The molecule has 1 saturated heterocycles. The second kappa shape index (κ2) is 8.42. The van der Waals surface area contributed by atoms with Crippen LogP contribution in [0.1, 0.15) is 5.56 Å². The van der Waals surface area contributed by atoms with Crippen LogP contribution < -0.4 is 15.8 Å². The SMILES string of the molecule is Cn1ncc(N2CCN(CC(=O)Nc3cc(C(F)(F)F)ccc3Cl)CC2)cc1=O. The normalized spacial score (nSPS) is 15.4. The molecule has 1 aromatic heterocycles. The van der Waals surface area contributed by atoms with Crippen LogP contribution in [0, 0.1) is 0 Å². The molecule has 11 heteroatoms. The highest BCUT2D eigenvalue weighted by atomic mass is 35.5. The van der Waals surface area contributed by atoms with Gasteiger partial charge in [-0.25, -0.2) is 4.68 Å². The maximum absolute atomic E-state index is 12.8. The Balaban J connectivity index is 1.56. The first-order valence-electron chi connectivity index (χ1n) is 8.81. The Hall–Kier alpha value is -2.59. The monoisotopic (exact) mass is 429 g/mol. The smallest absolute Gasteiger partial charge is 0.368 e. The van der Waals surface area contributed by atoms with Gasteiger partial charge in [0.1, 0.15) is 0 Å². The number of rotatable bonds is 4. The van der Waals surface area contributed by atoms with E-state index >= 15 is 0 Å². The molecule has 0 bridgehead atoms. The quantitative estimate of drug-likeness (QED) is 0.807. The van der Waals surface area contributed by atoms with Crippen molar-refractivity contribution in [3.63, 3.8) is 0 Å². The second-order valence-corrected chi connectivity index (χ2v) is 7.09. The van der Waals surface area contributed by atoms with Crippen molar-refractivity contribution in [1.29, 1.82) is 0 Å². The van der Waals surface area contributed by atoms with Gasteiger partial charge >= 0.3 is 6.18 Å². The zero-order valence-electron chi connectivity index (χ0n) is 15.5. The molecule has 1 amide bonds. The number of alkyl halides is 3. The van der Waals surface area contributed by atoms with E-state index < -0.39 is 17.6 Å². The van der Waals surface area contributed by atoms with Gasteiger partial charge in [0, 0.05) is 39.3 Å². The van der Waals surface area contributed by atoms with Gasteiger partial charge in [0.25, 0.3) is 5.56 Å². The van der Waals surface area contributed by atoms with E-state index in [1.165, 1.54) is 10.7 Å². The molecule has 0 spiro atoms. The fourth-order valence-electron chi connectivity index (χ4n) is 2.99. The van der Waals surface area contributed by atoms with E-state index in [0.717, 1.165) is 18.2 Å². The predicted molar refractivity (Wildman–Crippen MR) is 103 cm³/mol. The van der Waals surface area contributed by atoms with Crippen molar-refractivity contribution in [2.75, 3.05) is 42.9 Å². The number of piperazine rings is 1. The third kappa shape index (κ3) is 5.27. The molecule has 0 saturated carbocycles. The Morgan fingerprint density at radius 2 is 1.90 bits per heavy atom. The number of amides is 1. The molecule has 1 aliphatic heterocycles. The van der Waals surface area contributed by atoms with Crippen LogP contribution in [-0.4, -0.2) is 53.3 Å². The number of hydrogen-bond donors (Lipinski definition) is 1. The minimum atomic E-state index is -4.52. The van der Waals surface area contributed by atoms with E-state index in [4.69, 9.17) is 11.6 Å². The van der Waals surface area contributed by atoms with E-state index in [1.54, 1.807) is 13.2 Å². The Labute approximate surface area is 169 Å². The van der Waals surface area contributed by atoms with Crippen LogP contribution in [0.15, 0.2) is 35.3 Å². The molecule has 0 unspecified atom stereocenters. The second-order valence-electron chi connectivity index (χ2n) is 6.68. The molecule has 1 fully saturated rings. The number of aromatic nitrogens is 2. The van der Waals surface area contributed by atoms with Crippen LogP contribution in [0.2, 0.25) is 5.02 Å². The topological polar surface area (TPSA) is 70.5 Å². The third-order valence-corrected chi connectivity index (χ3v) is 4.96. The summed E-state index contributed by atoms with van der Waals surface area (Å²) in [4.78, 5) is 27.8. The lowest BCUT2D eigenvalue weighted by Crippen LogP contribution is -2.49. The minimum absolute atomic E-state index is 0.0230. The van der Waals surface area contributed by atoms with Gasteiger partial charge < -0.3 is 10.2 Å². The van der Waals surface area contributed by atoms with Crippen LogP contribution in [0.3, 0.4) is 0 Å². The summed E-state index contributed by atoms with van der Waals surface area (Å²) < 4.78 is 39.8. The van der Waals surface area contributed by atoms with Gasteiger partial charge in [0.2, 0.25) is 5.91 Å². The van der Waals surface area contributed by atoms with Gasteiger partial charge in [0.05, 0.1) is 34.7 Å². The lowest BCUT2D eigenvalue weighted by atomic mass is 10.2. The molecule has 0 radical (unpaired) electrons. The Morgan fingerprint density at radius 1 is 1.21 bits per heavy atom. The van der Waals surface area contributed by atoms with E-state index in [1.807, 2.05) is 9.80 Å². The van der Waals surface area contributed by atoms with Crippen LogP contribution in [0.25, 0.3) is 0 Å². The summed E-state index contributed by atoms with van der Waals surface area (Å²) in [5.74, 6) is -0.449. The Bertz CT molecular complexity index is 955. The highest BCUT2D eigenvalue weighted by Crippen LogP contribution is 2.33. The van der Waals surface area contributed by atoms with E-state index in [-0.39, 0.29) is 22.8 Å². The van der Waals surface area contributed by atoms with Crippen molar-refractivity contribution in [2.45, 2.75) is 6.18 Å². The lowest BCUT2D eigenvalue weighted by Gasteiger charge is -2.35. The molecule has 7 nitrogen and oxygen atoms in total. The summed E-state index contributed by atoms with van der Waals surface area (Å²) in [6, 6.07) is 4.30. The van der Waals surface area contributed by atoms with Crippen LogP contribution in [0.5, 0.6) is 0 Å². The highest BCUT2D eigenvalue weighted by Gasteiger charge is 2.31. The molecule has 2 aromatic rings. The highest BCUT2D eigenvalue weighted by molar-refractivity contribution is 6.33. The maximum Gasteiger partial charge on any atom is 0.416 e. The molecule has 3 rings (SSSR count). The number of hydrogen-bond acceptors (Lipinski definition) is 5. The number of anilines is 2. The van der Waals surface area contributed by atoms with Gasteiger partial charge in [0.15, 0.2) is 0 Å². The summed E-state index contributed by atoms with van der Waals surface area (Å²) in [6.07, 6.45) is -2.91. The minimum Gasteiger partial charge on any atom is -0.368 e. The number of halogens is 4. The zero-order valence-corrected chi connectivity index (χ0v) is 16.3. The van der Waals surface area contributed by atoms with Gasteiger partial charge in [-0.15, -0.1) is 0 Å². The fraction of sp³-hybridized carbons (Fsp3) is 0.389. The Morgan fingerprint density at radius 3 is 2.52 bits per heavy atom. The summed E-state index contributed by atoms with van der Waals surface area (Å²) in [6.45, 7) is 2.31. The number of benzene rings is 1. The molecular formula is C18H19ClF3N5O2. The zero-order chi connectivity index (χ0) is 21.2. The van der Waals surface area contributed by atoms with Crippen molar-refractivity contribution < 1.29 is 18.0 Å². The lowest BCUT2D eigenvalue weighted by molar-refractivity contribution is -0.137. The fourth-order valence-corrected chi connectivity index (χ4v) is 3.15. The van der Waals surface area contributed by atoms with Crippen molar-refractivity contribution in [2.24, 2.45) is 7.05 Å². The molecule has 1 N–H and O–H groups in total. The summed E-state index contributed by atoms with van der Waals surface area (Å²) in [5, 5.41) is 6.48. The number of aryl methyl sites for hydroxylation is 1. The van der Waals surface area contributed by atoms with Gasteiger partial charge in [-0.2, -0.15) is 18.3 Å². The first kappa shape index (κ1) is 21.1. The number of carbonyl (C=O) groups is 1. The van der Waals surface area contributed by atoms with Crippen LogP contribution in [-0.2, 0) is 18.0 Å². The number of nitrogens with zero attached hydrogens (tertiary/aromatic N) is 4. The molecule has 2 heterocycles. The average Bonchev–Trinajstić information content (AvgIpc) is 2.65. The average molecular weight is 430 g/mol. The largest absolute Gasteiger partial charge is 0.416 e. The molecule has 29 heavy (non-hydrogen) atoms. The summed E-state index contributed by atoms with van der Waals surface area (Å²) in [5.41, 5.74) is -0.444. The number of carbonyl (C=O) groups excluding carboxylic acids is 1. The summed E-state index contributed by atoms with van der Waals surface area (Å²) in [7, 11) is 1.57. The third-order valence-electron chi connectivity index (χ3n) is 4.63. The van der Waals surface area contributed by atoms with E-state index in [2.05, 4.69) is 10.4 Å². The van der Waals surface area contributed by atoms with Crippen LogP contribution >= 0.6 is 11.6 Å². The van der Waals surface area contributed by atoms with Gasteiger partial charge in [-0.1, -0.05) is 11.6 Å². The molecule has 156 valence electrons. The van der Waals surface area contributed by atoms with E-state index in [0.29, 0.717) is 31.9 Å². The standard InChI is InChI=1S/C18H19ClF3N5O2/c1-25-17(29)9-13(10-23-25)27-6-4-26(5-7-27)11-16(28)24-15-8-12(18(20,21)22)2-3-14(15)19/h2-3,8-10H,4-7,11H2,1H3,(H,24,28). The first-order chi connectivity index (χ1) is 13.6. The van der Waals surface area contributed by atoms with E-state index in [9.17, 15) is 22.8 Å². The van der Waals surface area contributed by atoms with Crippen molar-refractivity contribution in [3.8, 4) is 0 Å². The molecule has 1 aromatic carbocycles. The Kier molecular flexibility index (Phi) is 6.13. The molecule has 1 aliphatic rings. The van der Waals surface area contributed by atoms with Gasteiger partial charge in [-0.05, 0) is 18.2 Å². The summed E-state index contributed by atoms with van der Waals surface area (Å²) >= 11 is 5.91. The molecule has 0 atom stereocenters. The molecule has 0 aliphatic carbocycles. The van der Waals surface area contributed by atoms with Crippen molar-refractivity contribution in [1.82, 2.24) is 14.7 Å². The first-order valence-corrected chi connectivity index (χ1v) is 9.18. The molecular weight excluding hydrogens is 411 g/mol.